The Morgan fingerprint density at radius 2 is 2.25 bits per heavy atom. The van der Waals surface area contributed by atoms with Gasteiger partial charge in [0.05, 0.1) is 18.0 Å². The van der Waals surface area contributed by atoms with Crippen molar-refractivity contribution in [1.29, 1.82) is 0 Å². The van der Waals surface area contributed by atoms with E-state index in [1.54, 1.807) is 0 Å². The van der Waals surface area contributed by atoms with Crippen molar-refractivity contribution in [1.82, 2.24) is 14.3 Å². The number of aliphatic hydroxyl groups excluding tert-OH is 2. The van der Waals surface area contributed by atoms with Crippen molar-refractivity contribution in [3.63, 3.8) is 0 Å². The van der Waals surface area contributed by atoms with Crippen LogP contribution in [0.25, 0.3) is 0 Å². The Morgan fingerprint density at radius 3 is 2.85 bits per heavy atom. The summed E-state index contributed by atoms with van der Waals surface area (Å²) in [5.41, 5.74) is -0.851. The first-order valence-corrected chi connectivity index (χ1v) is 7.65. The maximum Gasteiger partial charge on any atom is 0.348 e. The van der Waals surface area contributed by atoms with Gasteiger partial charge in [-0.05, 0) is 6.42 Å². The third-order valence-electron chi connectivity index (χ3n) is 3.38. The number of hydrogen-bond acceptors (Lipinski definition) is 6. The molecule has 0 amide bonds. The van der Waals surface area contributed by atoms with Gasteiger partial charge in [-0.25, -0.2) is 9.48 Å². The van der Waals surface area contributed by atoms with Crippen LogP contribution in [0, 0.1) is 0 Å². The number of hydrogen-bond donors (Lipinski definition) is 2. The molecule has 112 valence electrons. The molecular formula is C12H19N3O4S. The standard InChI is InChI=1S/C12H19N3O4S/c1-2-3-4-14-10(18)6-13-15(12(14)19)11-5-8(17)9(7-16)20-11/h6,8-9,11,16-17H,2-5,7H2,1H3/t8-,9+,11+/m0/s1. The minimum absolute atomic E-state index is 0.146. The van der Waals surface area contributed by atoms with Gasteiger partial charge < -0.3 is 10.2 Å². The van der Waals surface area contributed by atoms with Crippen LogP contribution < -0.4 is 11.2 Å². The molecule has 0 aromatic carbocycles. The normalized spacial score (nSPS) is 26.1. The molecule has 0 spiro atoms. The molecule has 2 rings (SSSR count). The second-order valence-corrected chi connectivity index (χ2v) is 6.25. The number of unbranched alkanes of at least 4 members (excludes halogenated alkanes) is 1. The molecule has 0 saturated carbocycles. The Hall–Kier alpha value is -1.12. The lowest BCUT2D eigenvalue weighted by atomic mass is 10.2. The molecule has 7 nitrogen and oxygen atoms in total. The fourth-order valence-electron chi connectivity index (χ4n) is 2.20. The first kappa shape index (κ1) is 15.3. The Labute approximate surface area is 120 Å². The highest BCUT2D eigenvalue weighted by atomic mass is 32.2. The third-order valence-corrected chi connectivity index (χ3v) is 4.90. The largest absolute Gasteiger partial charge is 0.395 e. The lowest BCUT2D eigenvalue weighted by Crippen LogP contribution is -2.41. The molecule has 1 aliphatic rings. The second kappa shape index (κ2) is 6.55. The zero-order valence-corrected chi connectivity index (χ0v) is 12.1. The summed E-state index contributed by atoms with van der Waals surface area (Å²) in [6, 6.07) is 0. The first-order chi connectivity index (χ1) is 9.58. The van der Waals surface area contributed by atoms with Crippen molar-refractivity contribution in [3.05, 3.63) is 27.0 Å². The predicted molar refractivity (Wildman–Crippen MR) is 75.8 cm³/mol. The van der Waals surface area contributed by atoms with Gasteiger partial charge in [0, 0.05) is 13.0 Å². The molecule has 1 saturated heterocycles. The van der Waals surface area contributed by atoms with Crippen molar-refractivity contribution >= 4 is 11.8 Å². The van der Waals surface area contributed by atoms with Gasteiger partial charge in [0.2, 0.25) is 0 Å². The summed E-state index contributed by atoms with van der Waals surface area (Å²) in [5.74, 6) is 0. The smallest absolute Gasteiger partial charge is 0.348 e. The van der Waals surface area contributed by atoms with E-state index in [1.807, 2.05) is 6.92 Å². The van der Waals surface area contributed by atoms with Crippen LogP contribution in [0.5, 0.6) is 0 Å². The zero-order chi connectivity index (χ0) is 14.7. The number of nitrogens with zero attached hydrogens (tertiary/aromatic N) is 3. The highest BCUT2D eigenvalue weighted by molar-refractivity contribution is 8.00. The Balaban J connectivity index is 2.30. The van der Waals surface area contributed by atoms with Crippen LogP contribution in [-0.4, -0.2) is 42.5 Å². The van der Waals surface area contributed by atoms with E-state index in [0.29, 0.717) is 13.0 Å². The van der Waals surface area contributed by atoms with E-state index in [-0.39, 0.29) is 17.2 Å². The molecule has 2 heterocycles. The predicted octanol–water partition coefficient (Wildman–Crippen LogP) is -0.438. The average Bonchev–Trinajstić information content (AvgIpc) is 2.79. The molecule has 8 heteroatoms. The van der Waals surface area contributed by atoms with Gasteiger partial charge in [0.25, 0.3) is 5.56 Å². The van der Waals surface area contributed by atoms with E-state index in [4.69, 9.17) is 5.11 Å². The molecule has 1 fully saturated rings. The maximum absolute atomic E-state index is 12.3. The molecular weight excluding hydrogens is 282 g/mol. The number of thioether (sulfide) groups is 1. The van der Waals surface area contributed by atoms with Gasteiger partial charge in [0.15, 0.2) is 0 Å². The highest BCUT2D eigenvalue weighted by Gasteiger charge is 2.35. The minimum Gasteiger partial charge on any atom is -0.395 e. The Bertz CT molecular complexity index is 571. The van der Waals surface area contributed by atoms with Gasteiger partial charge in [0.1, 0.15) is 11.6 Å². The monoisotopic (exact) mass is 301 g/mol. The van der Waals surface area contributed by atoms with Crippen LogP contribution in [0.4, 0.5) is 0 Å². The summed E-state index contributed by atoms with van der Waals surface area (Å²) in [5, 5.41) is 22.2. The van der Waals surface area contributed by atoms with Gasteiger partial charge in [-0.3, -0.25) is 9.36 Å². The number of aliphatic hydroxyl groups is 2. The van der Waals surface area contributed by atoms with E-state index in [0.717, 1.165) is 19.0 Å². The quantitative estimate of drug-likeness (QED) is 0.765. The summed E-state index contributed by atoms with van der Waals surface area (Å²) in [4.78, 5) is 24.0. The van der Waals surface area contributed by atoms with Crippen LogP contribution in [-0.2, 0) is 6.54 Å². The molecule has 1 aromatic rings. The molecule has 0 unspecified atom stereocenters. The van der Waals surface area contributed by atoms with E-state index in [1.165, 1.54) is 21.0 Å². The fraction of sp³-hybridized carbons (Fsp3) is 0.750. The zero-order valence-electron chi connectivity index (χ0n) is 11.3. The van der Waals surface area contributed by atoms with Crippen LogP contribution in [0.15, 0.2) is 15.8 Å². The highest BCUT2D eigenvalue weighted by Crippen LogP contribution is 2.39. The van der Waals surface area contributed by atoms with Crippen molar-refractivity contribution in [2.75, 3.05) is 6.61 Å². The van der Waals surface area contributed by atoms with Crippen LogP contribution in [0.1, 0.15) is 31.6 Å². The maximum atomic E-state index is 12.3. The molecule has 0 radical (unpaired) electrons. The third kappa shape index (κ3) is 2.97. The molecule has 0 bridgehead atoms. The summed E-state index contributed by atoms with van der Waals surface area (Å²) >= 11 is 1.31. The number of aromatic nitrogens is 3. The first-order valence-electron chi connectivity index (χ1n) is 6.71. The molecule has 2 N–H and O–H groups in total. The molecule has 1 aliphatic heterocycles. The second-order valence-electron chi connectivity index (χ2n) is 4.83. The fourth-order valence-corrected chi connectivity index (χ4v) is 3.55. The van der Waals surface area contributed by atoms with Crippen LogP contribution in [0.2, 0.25) is 0 Å². The SMILES string of the molecule is CCCCn1c(=O)cnn([C@H]2C[C@H](O)[C@@H](CO)S2)c1=O. The molecule has 3 atom stereocenters. The molecule has 20 heavy (non-hydrogen) atoms. The summed E-state index contributed by atoms with van der Waals surface area (Å²) < 4.78 is 2.41. The summed E-state index contributed by atoms with van der Waals surface area (Å²) in [7, 11) is 0. The lowest BCUT2D eigenvalue weighted by Gasteiger charge is -2.13. The van der Waals surface area contributed by atoms with Gasteiger partial charge in [-0.2, -0.15) is 5.10 Å². The van der Waals surface area contributed by atoms with Crippen LogP contribution >= 0.6 is 11.8 Å². The Kier molecular flexibility index (Phi) is 5.00. The topological polar surface area (TPSA) is 97.3 Å². The lowest BCUT2D eigenvalue weighted by molar-refractivity contribution is 0.136. The molecule has 1 aromatic heterocycles. The minimum atomic E-state index is -0.667. The molecule has 0 aliphatic carbocycles. The Morgan fingerprint density at radius 1 is 1.50 bits per heavy atom. The van der Waals surface area contributed by atoms with E-state index in [9.17, 15) is 14.7 Å². The van der Waals surface area contributed by atoms with E-state index < -0.39 is 17.4 Å². The number of rotatable bonds is 5. The van der Waals surface area contributed by atoms with Crippen molar-refractivity contribution < 1.29 is 10.2 Å². The van der Waals surface area contributed by atoms with Gasteiger partial charge in [-0.1, -0.05) is 13.3 Å². The van der Waals surface area contributed by atoms with Crippen molar-refractivity contribution in [2.24, 2.45) is 0 Å². The van der Waals surface area contributed by atoms with Crippen molar-refractivity contribution in [3.8, 4) is 0 Å². The summed E-state index contributed by atoms with van der Waals surface area (Å²) in [6.45, 7) is 2.21. The summed E-state index contributed by atoms with van der Waals surface area (Å²) in [6.07, 6.45) is 2.45. The van der Waals surface area contributed by atoms with Gasteiger partial charge >= 0.3 is 5.69 Å². The van der Waals surface area contributed by atoms with E-state index in [2.05, 4.69) is 5.10 Å². The van der Waals surface area contributed by atoms with Crippen molar-refractivity contribution in [2.45, 2.75) is 49.5 Å². The van der Waals surface area contributed by atoms with E-state index >= 15 is 0 Å². The average molecular weight is 301 g/mol. The van der Waals surface area contributed by atoms with Crippen LogP contribution in [0.3, 0.4) is 0 Å². The van der Waals surface area contributed by atoms with Gasteiger partial charge in [-0.15, -0.1) is 11.8 Å².